The van der Waals surface area contributed by atoms with Crippen molar-refractivity contribution in [3.05, 3.63) is 47.5 Å². The smallest absolute Gasteiger partial charge is 0.250 e. The average Bonchev–Trinajstić information content (AvgIpc) is 3.20. The van der Waals surface area contributed by atoms with Crippen LogP contribution in [0.25, 0.3) is 0 Å². The van der Waals surface area contributed by atoms with Gasteiger partial charge >= 0.3 is 0 Å². The Morgan fingerprint density at radius 2 is 1.72 bits per heavy atom. The summed E-state index contributed by atoms with van der Waals surface area (Å²) in [7, 11) is -0.914. The van der Waals surface area contributed by atoms with Gasteiger partial charge in [0.05, 0.1) is 20.1 Å². The number of halogens is 1. The van der Waals surface area contributed by atoms with Gasteiger partial charge in [0.15, 0.2) is 16.9 Å². The third kappa shape index (κ3) is 4.91. The van der Waals surface area contributed by atoms with Gasteiger partial charge in [-0.05, 0) is 36.4 Å². The quantitative estimate of drug-likeness (QED) is 0.518. The predicted molar refractivity (Wildman–Crippen MR) is 111 cm³/mol. The Labute approximate surface area is 173 Å². The maximum absolute atomic E-state index is 12.8. The second kappa shape index (κ2) is 8.87. The lowest BCUT2D eigenvalue weighted by Crippen LogP contribution is -2.45. The highest BCUT2D eigenvalue weighted by molar-refractivity contribution is 7.93. The van der Waals surface area contributed by atoms with Gasteiger partial charge in [-0.15, -0.1) is 0 Å². The number of amides is 1. The van der Waals surface area contributed by atoms with Crippen LogP contribution < -0.4 is 30.4 Å². The number of rotatable bonds is 7. The molecule has 1 amide bonds. The van der Waals surface area contributed by atoms with Gasteiger partial charge in [-0.25, -0.2) is 13.8 Å². The van der Waals surface area contributed by atoms with Crippen molar-refractivity contribution in [2.75, 3.05) is 30.8 Å². The van der Waals surface area contributed by atoms with E-state index >= 15 is 0 Å². The fraction of sp³-hybridized carbons (Fsp3) is 0.278. The van der Waals surface area contributed by atoms with Crippen molar-refractivity contribution in [2.45, 2.75) is 5.37 Å². The SMILES string of the molecule is COc1ccc(NC(=O)C2CNNC2S(=O)(=O)Nc2ccc(Cl)cc2)cc1OC. The molecule has 0 radical (unpaired) electrons. The first-order valence-electron chi connectivity index (χ1n) is 8.62. The molecule has 0 saturated carbocycles. The van der Waals surface area contributed by atoms with Crippen LogP contribution >= 0.6 is 11.6 Å². The summed E-state index contributed by atoms with van der Waals surface area (Å²) in [5.41, 5.74) is 6.20. The van der Waals surface area contributed by atoms with Crippen molar-refractivity contribution in [1.29, 1.82) is 0 Å². The number of hydrogen-bond donors (Lipinski definition) is 4. The second-order valence-electron chi connectivity index (χ2n) is 6.27. The zero-order valence-corrected chi connectivity index (χ0v) is 17.3. The van der Waals surface area contributed by atoms with E-state index in [0.29, 0.717) is 27.9 Å². The third-order valence-corrected chi connectivity index (χ3v) is 6.25. The largest absolute Gasteiger partial charge is 0.493 e. The number of nitrogens with one attached hydrogen (secondary N) is 4. The second-order valence-corrected chi connectivity index (χ2v) is 8.50. The third-order valence-electron chi connectivity index (χ3n) is 4.36. The molecule has 0 bridgehead atoms. The van der Waals surface area contributed by atoms with Crippen LogP contribution in [0.4, 0.5) is 11.4 Å². The van der Waals surface area contributed by atoms with E-state index in [0.717, 1.165) is 0 Å². The molecule has 1 saturated heterocycles. The van der Waals surface area contributed by atoms with Crippen LogP contribution in [-0.4, -0.2) is 40.5 Å². The minimum atomic E-state index is -3.91. The molecule has 0 spiro atoms. The van der Waals surface area contributed by atoms with Crippen LogP contribution in [0.1, 0.15) is 0 Å². The van der Waals surface area contributed by atoms with Crippen LogP contribution in [0.2, 0.25) is 5.02 Å². The van der Waals surface area contributed by atoms with Crippen LogP contribution in [0.3, 0.4) is 0 Å². The molecule has 11 heteroatoms. The number of ether oxygens (including phenoxy) is 2. The van der Waals surface area contributed by atoms with Crippen molar-refractivity contribution in [3.8, 4) is 11.5 Å². The topological polar surface area (TPSA) is 118 Å². The number of anilines is 2. The van der Waals surface area contributed by atoms with E-state index in [9.17, 15) is 13.2 Å². The van der Waals surface area contributed by atoms with Crippen molar-refractivity contribution < 1.29 is 22.7 Å². The molecule has 1 aliphatic rings. The highest BCUT2D eigenvalue weighted by Crippen LogP contribution is 2.30. The normalized spacial score (nSPS) is 18.9. The van der Waals surface area contributed by atoms with Gasteiger partial charge in [0.1, 0.15) is 0 Å². The molecule has 1 heterocycles. The Morgan fingerprint density at radius 3 is 2.38 bits per heavy atom. The number of carbonyl (C=O) groups excluding carboxylic acids is 1. The number of carbonyl (C=O) groups is 1. The Balaban J connectivity index is 1.74. The lowest BCUT2D eigenvalue weighted by Gasteiger charge is -2.20. The zero-order valence-electron chi connectivity index (χ0n) is 15.7. The van der Waals surface area contributed by atoms with E-state index in [1.54, 1.807) is 42.5 Å². The molecule has 0 aliphatic carbocycles. The Bertz CT molecular complexity index is 984. The van der Waals surface area contributed by atoms with Gasteiger partial charge in [-0.2, -0.15) is 0 Å². The summed E-state index contributed by atoms with van der Waals surface area (Å²) in [6, 6.07) is 11.1. The van der Waals surface area contributed by atoms with E-state index in [1.165, 1.54) is 14.2 Å². The van der Waals surface area contributed by atoms with E-state index in [4.69, 9.17) is 21.1 Å². The van der Waals surface area contributed by atoms with Crippen molar-refractivity contribution in [1.82, 2.24) is 10.9 Å². The van der Waals surface area contributed by atoms with Crippen molar-refractivity contribution in [2.24, 2.45) is 5.92 Å². The van der Waals surface area contributed by atoms with E-state index in [-0.39, 0.29) is 6.54 Å². The Kier molecular flexibility index (Phi) is 6.48. The highest BCUT2D eigenvalue weighted by Gasteiger charge is 2.42. The molecule has 4 N–H and O–H groups in total. The minimum Gasteiger partial charge on any atom is -0.493 e. The Morgan fingerprint density at radius 1 is 1.07 bits per heavy atom. The summed E-state index contributed by atoms with van der Waals surface area (Å²) >= 11 is 5.82. The molecule has 2 aromatic carbocycles. The summed E-state index contributed by atoms with van der Waals surface area (Å²) in [6.45, 7) is 0.144. The first kappa shape index (κ1) is 21.2. The molecule has 29 heavy (non-hydrogen) atoms. The lowest BCUT2D eigenvalue weighted by molar-refractivity contribution is -0.119. The van der Waals surface area contributed by atoms with Crippen LogP contribution in [0.5, 0.6) is 11.5 Å². The molecule has 2 unspecified atom stereocenters. The van der Waals surface area contributed by atoms with E-state index in [2.05, 4.69) is 20.9 Å². The molecule has 2 aromatic rings. The molecule has 156 valence electrons. The Hall–Kier alpha value is -2.53. The molecule has 1 aliphatic heterocycles. The number of methoxy groups -OCH3 is 2. The monoisotopic (exact) mass is 440 g/mol. The van der Waals surface area contributed by atoms with E-state index < -0.39 is 27.2 Å². The molecule has 3 rings (SSSR count). The van der Waals surface area contributed by atoms with Crippen molar-refractivity contribution in [3.63, 3.8) is 0 Å². The fourth-order valence-corrected chi connectivity index (χ4v) is 4.50. The average molecular weight is 441 g/mol. The van der Waals surface area contributed by atoms with Crippen LogP contribution in [-0.2, 0) is 14.8 Å². The summed E-state index contributed by atoms with van der Waals surface area (Å²) in [4.78, 5) is 12.8. The zero-order chi connectivity index (χ0) is 21.0. The molecule has 0 aromatic heterocycles. The number of hydrazine groups is 1. The summed E-state index contributed by atoms with van der Waals surface area (Å²) < 4.78 is 38.4. The van der Waals surface area contributed by atoms with Gasteiger partial charge in [-0.3, -0.25) is 14.9 Å². The number of benzene rings is 2. The number of hydrogen-bond acceptors (Lipinski definition) is 7. The molecular weight excluding hydrogens is 420 g/mol. The minimum absolute atomic E-state index is 0.144. The van der Waals surface area contributed by atoms with Crippen LogP contribution in [0.15, 0.2) is 42.5 Å². The number of sulfonamides is 1. The van der Waals surface area contributed by atoms with Crippen molar-refractivity contribution >= 4 is 38.9 Å². The fourth-order valence-electron chi connectivity index (χ4n) is 2.90. The first-order chi connectivity index (χ1) is 13.8. The predicted octanol–water partition coefficient (Wildman–Crippen LogP) is 1.79. The standard InChI is InChI=1S/C18H21ClN4O5S/c1-27-15-8-7-13(9-16(15)28-2)21-17(24)14-10-20-22-18(14)29(25,26)23-12-5-3-11(19)4-6-12/h3-9,14,18,20,22-23H,10H2,1-2H3,(H,21,24). The molecule has 1 fully saturated rings. The highest BCUT2D eigenvalue weighted by atomic mass is 35.5. The van der Waals surface area contributed by atoms with Gasteiger partial charge in [0.2, 0.25) is 5.91 Å². The first-order valence-corrected chi connectivity index (χ1v) is 10.5. The summed E-state index contributed by atoms with van der Waals surface area (Å²) in [5, 5.41) is 2.04. The summed E-state index contributed by atoms with van der Waals surface area (Å²) in [6.07, 6.45) is 0. The van der Waals surface area contributed by atoms with Gasteiger partial charge in [0, 0.05) is 29.0 Å². The molecule has 2 atom stereocenters. The maximum atomic E-state index is 12.8. The van der Waals surface area contributed by atoms with Crippen LogP contribution in [0, 0.1) is 5.92 Å². The van der Waals surface area contributed by atoms with Gasteiger partial charge < -0.3 is 14.8 Å². The van der Waals surface area contributed by atoms with E-state index in [1.807, 2.05) is 0 Å². The lowest BCUT2D eigenvalue weighted by atomic mass is 10.1. The molecular formula is C18H21ClN4O5S. The van der Waals surface area contributed by atoms with Gasteiger partial charge in [0.25, 0.3) is 10.0 Å². The summed E-state index contributed by atoms with van der Waals surface area (Å²) in [5.74, 6) is -0.363. The van der Waals surface area contributed by atoms with Gasteiger partial charge in [-0.1, -0.05) is 11.6 Å². The molecule has 9 nitrogen and oxygen atoms in total. The maximum Gasteiger partial charge on any atom is 0.250 e.